The van der Waals surface area contributed by atoms with E-state index in [1.54, 1.807) is 12.3 Å². The fourth-order valence-corrected chi connectivity index (χ4v) is 1.45. The predicted molar refractivity (Wildman–Crippen MR) is 53.3 cm³/mol. The Morgan fingerprint density at radius 2 is 2.21 bits per heavy atom. The lowest BCUT2D eigenvalue weighted by atomic mass is 10.2. The summed E-state index contributed by atoms with van der Waals surface area (Å²) in [5.41, 5.74) is 0.621. The van der Waals surface area contributed by atoms with Crippen molar-refractivity contribution in [1.29, 1.82) is 0 Å². The number of nitrogens with zero attached hydrogens (tertiary/aromatic N) is 1. The molecule has 0 saturated heterocycles. The minimum absolute atomic E-state index is 0.0678. The van der Waals surface area contributed by atoms with Gasteiger partial charge in [-0.2, -0.15) is 0 Å². The first-order valence-corrected chi connectivity index (χ1v) is 4.38. The molecule has 0 bridgehead atoms. The molecule has 0 spiro atoms. The first-order chi connectivity index (χ1) is 6.72. The lowest BCUT2D eigenvalue weighted by Crippen LogP contribution is -1.88. The molecule has 0 fully saturated rings. The minimum Gasteiger partial charge on any atom is -0.496 e. The topological polar surface area (TPSA) is 22.1 Å². The van der Waals surface area contributed by atoms with Gasteiger partial charge in [-0.05, 0) is 18.2 Å². The zero-order chi connectivity index (χ0) is 10.1. The van der Waals surface area contributed by atoms with Crippen LogP contribution in [0.1, 0.15) is 0 Å². The average molecular weight is 212 g/mol. The predicted octanol–water partition coefficient (Wildman–Crippen LogP) is 3.04. The van der Waals surface area contributed by atoms with Crippen LogP contribution in [0.25, 0.3) is 10.9 Å². The second-order valence-electron chi connectivity index (χ2n) is 2.80. The lowest BCUT2D eigenvalue weighted by Gasteiger charge is -2.04. The number of methoxy groups -OCH3 is 1. The van der Waals surface area contributed by atoms with Gasteiger partial charge < -0.3 is 4.74 Å². The first kappa shape index (κ1) is 9.21. The van der Waals surface area contributed by atoms with Crippen LogP contribution in [0, 0.1) is 5.82 Å². The molecule has 4 heteroatoms. The van der Waals surface area contributed by atoms with E-state index >= 15 is 0 Å². The highest BCUT2D eigenvalue weighted by Gasteiger charge is 2.06. The Morgan fingerprint density at radius 1 is 1.43 bits per heavy atom. The molecule has 1 heterocycles. The van der Waals surface area contributed by atoms with Crippen LogP contribution in [0.2, 0.25) is 5.02 Å². The van der Waals surface area contributed by atoms with E-state index in [1.165, 1.54) is 19.2 Å². The van der Waals surface area contributed by atoms with Crippen LogP contribution in [-0.2, 0) is 0 Å². The molecule has 14 heavy (non-hydrogen) atoms. The molecule has 0 amide bonds. The van der Waals surface area contributed by atoms with Crippen LogP contribution in [0.5, 0.6) is 5.75 Å². The van der Waals surface area contributed by atoms with Gasteiger partial charge in [0.25, 0.3) is 0 Å². The van der Waals surface area contributed by atoms with Crippen molar-refractivity contribution in [2.24, 2.45) is 0 Å². The normalized spacial score (nSPS) is 10.5. The summed E-state index contributed by atoms with van der Waals surface area (Å²) in [6.07, 6.45) is 1.59. The third kappa shape index (κ3) is 1.40. The van der Waals surface area contributed by atoms with E-state index in [0.717, 1.165) is 0 Å². The maximum Gasteiger partial charge on any atom is 0.142 e. The van der Waals surface area contributed by atoms with Crippen molar-refractivity contribution in [3.63, 3.8) is 0 Å². The lowest BCUT2D eigenvalue weighted by molar-refractivity contribution is 0.419. The van der Waals surface area contributed by atoms with Gasteiger partial charge in [-0.1, -0.05) is 11.6 Å². The second-order valence-corrected chi connectivity index (χ2v) is 3.20. The Kier molecular flexibility index (Phi) is 2.25. The summed E-state index contributed by atoms with van der Waals surface area (Å²) in [5.74, 6) is 0.121. The highest BCUT2D eigenvalue weighted by molar-refractivity contribution is 6.31. The van der Waals surface area contributed by atoms with Gasteiger partial charge in [0.2, 0.25) is 0 Å². The number of rotatable bonds is 1. The SMILES string of the molecule is COc1ccnc2cc(Cl)c(F)cc12. The zero-order valence-electron chi connectivity index (χ0n) is 7.42. The number of benzene rings is 1. The van der Waals surface area contributed by atoms with Crippen molar-refractivity contribution in [3.05, 3.63) is 35.2 Å². The van der Waals surface area contributed by atoms with E-state index in [2.05, 4.69) is 4.98 Å². The molecule has 72 valence electrons. The Bertz CT molecular complexity index is 487. The summed E-state index contributed by atoms with van der Waals surface area (Å²) in [7, 11) is 1.53. The summed E-state index contributed by atoms with van der Waals surface area (Å²) in [6, 6.07) is 4.48. The Balaban J connectivity index is 2.81. The highest BCUT2D eigenvalue weighted by atomic mass is 35.5. The van der Waals surface area contributed by atoms with Crippen LogP contribution >= 0.6 is 11.6 Å². The molecule has 0 aliphatic heterocycles. The number of hydrogen-bond donors (Lipinski definition) is 0. The molecular formula is C10H7ClFNO. The molecule has 2 nitrogen and oxygen atoms in total. The number of aromatic nitrogens is 1. The van der Waals surface area contributed by atoms with Crippen LogP contribution in [0.15, 0.2) is 24.4 Å². The van der Waals surface area contributed by atoms with Gasteiger partial charge >= 0.3 is 0 Å². The monoisotopic (exact) mass is 211 g/mol. The molecule has 0 N–H and O–H groups in total. The number of halogens is 2. The third-order valence-electron chi connectivity index (χ3n) is 1.96. The van der Waals surface area contributed by atoms with E-state index in [1.807, 2.05) is 0 Å². The molecule has 0 aliphatic rings. The van der Waals surface area contributed by atoms with Crippen molar-refractivity contribution in [2.45, 2.75) is 0 Å². The smallest absolute Gasteiger partial charge is 0.142 e. The summed E-state index contributed by atoms with van der Waals surface area (Å²) in [5, 5.41) is 0.690. The summed E-state index contributed by atoms with van der Waals surface area (Å²) in [6.45, 7) is 0. The third-order valence-corrected chi connectivity index (χ3v) is 2.25. The van der Waals surface area contributed by atoms with Crippen LogP contribution in [0.3, 0.4) is 0 Å². The molecular weight excluding hydrogens is 205 g/mol. The van der Waals surface area contributed by atoms with E-state index in [0.29, 0.717) is 16.7 Å². The molecule has 1 aromatic heterocycles. The molecule has 2 aromatic rings. The van der Waals surface area contributed by atoms with E-state index in [-0.39, 0.29) is 5.02 Å². The standard InChI is InChI=1S/C10H7ClFNO/c1-14-10-2-3-13-9-5-7(11)8(12)4-6(9)10/h2-5H,1H3. The summed E-state index contributed by atoms with van der Waals surface area (Å²) < 4.78 is 18.2. The maximum absolute atomic E-state index is 13.1. The largest absolute Gasteiger partial charge is 0.496 e. The van der Waals surface area contributed by atoms with Gasteiger partial charge in [0, 0.05) is 11.6 Å². The van der Waals surface area contributed by atoms with E-state index in [4.69, 9.17) is 16.3 Å². The van der Waals surface area contributed by atoms with Gasteiger partial charge in [-0.15, -0.1) is 0 Å². The molecule has 2 rings (SSSR count). The van der Waals surface area contributed by atoms with Gasteiger partial charge in [0.1, 0.15) is 11.6 Å². The van der Waals surface area contributed by atoms with Crippen LogP contribution < -0.4 is 4.74 Å². The van der Waals surface area contributed by atoms with Crippen molar-refractivity contribution < 1.29 is 9.13 Å². The Labute approximate surface area is 85.3 Å². The first-order valence-electron chi connectivity index (χ1n) is 4.00. The number of ether oxygens (including phenoxy) is 1. The fourth-order valence-electron chi connectivity index (χ4n) is 1.29. The summed E-state index contributed by atoms with van der Waals surface area (Å²) >= 11 is 5.63. The van der Waals surface area contributed by atoms with E-state index < -0.39 is 5.82 Å². The Hall–Kier alpha value is -1.35. The molecule has 0 saturated carbocycles. The molecule has 0 radical (unpaired) electrons. The summed E-state index contributed by atoms with van der Waals surface area (Å²) in [4.78, 5) is 4.06. The van der Waals surface area contributed by atoms with Crippen LogP contribution in [0.4, 0.5) is 4.39 Å². The highest BCUT2D eigenvalue weighted by Crippen LogP contribution is 2.27. The van der Waals surface area contributed by atoms with Crippen molar-refractivity contribution in [2.75, 3.05) is 7.11 Å². The molecule has 1 aromatic carbocycles. The average Bonchev–Trinajstić information content (AvgIpc) is 2.19. The van der Waals surface area contributed by atoms with E-state index in [9.17, 15) is 4.39 Å². The van der Waals surface area contributed by atoms with Gasteiger partial charge in [-0.3, -0.25) is 4.98 Å². The van der Waals surface area contributed by atoms with Crippen molar-refractivity contribution >= 4 is 22.5 Å². The van der Waals surface area contributed by atoms with Gasteiger partial charge in [0.05, 0.1) is 17.6 Å². The number of hydrogen-bond acceptors (Lipinski definition) is 2. The maximum atomic E-state index is 13.1. The Morgan fingerprint density at radius 3 is 2.93 bits per heavy atom. The molecule has 0 aliphatic carbocycles. The second kappa shape index (κ2) is 3.42. The van der Waals surface area contributed by atoms with Gasteiger partial charge in [0.15, 0.2) is 0 Å². The van der Waals surface area contributed by atoms with Crippen molar-refractivity contribution in [3.8, 4) is 5.75 Å². The van der Waals surface area contributed by atoms with Crippen molar-refractivity contribution in [1.82, 2.24) is 4.98 Å². The number of pyridine rings is 1. The van der Waals surface area contributed by atoms with Crippen LogP contribution in [-0.4, -0.2) is 12.1 Å². The number of fused-ring (bicyclic) bond motifs is 1. The molecule has 0 atom stereocenters. The quantitative estimate of drug-likeness (QED) is 0.723. The minimum atomic E-state index is -0.467. The van der Waals surface area contributed by atoms with Gasteiger partial charge in [-0.25, -0.2) is 4.39 Å². The molecule has 0 unspecified atom stereocenters. The zero-order valence-corrected chi connectivity index (χ0v) is 8.18. The fraction of sp³-hybridized carbons (Fsp3) is 0.100.